The van der Waals surface area contributed by atoms with E-state index in [0.29, 0.717) is 11.5 Å². The number of aromatic nitrogens is 5. The van der Waals surface area contributed by atoms with E-state index >= 15 is 0 Å². The molecule has 0 fully saturated rings. The first-order valence-electron chi connectivity index (χ1n) is 20.0. The van der Waals surface area contributed by atoms with Crippen LogP contribution >= 0.6 is 0 Å². The second-order valence-electron chi connectivity index (χ2n) is 14.8. The molecular formula is C54H33N5OPt-2. The van der Waals surface area contributed by atoms with Crippen molar-refractivity contribution in [3.8, 4) is 45.5 Å². The number of hydrogen-bond acceptors (Lipinski definition) is 2. The summed E-state index contributed by atoms with van der Waals surface area (Å²) in [6.45, 7) is 0. The Morgan fingerprint density at radius 1 is 0.443 bits per heavy atom. The van der Waals surface area contributed by atoms with Crippen LogP contribution in [0.15, 0.2) is 200 Å². The maximum atomic E-state index is 6.43. The number of hydrogen-bond donors (Lipinski definition) is 0. The second-order valence-corrected chi connectivity index (χ2v) is 14.8. The van der Waals surface area contributed by atoms with Crippen LogP contribution in [0, 0.1) is 18.5 Å². The molecule has 12 aromatic rings. The van der Waals surface area contributed by atoms with Gasteiger partial charge in [-0.3, -0.25) is 4.57 Å². The third-order valence-corrected chi connectivity index (χ3v) is 11.3. The molecule has 292 valence electrons. The zero-order chi connectivity index (χ0) is 39.6. The summed E-state index contributed by atoms with van der Waals surface area (Å²) in [5.74, 6) is 1.15. The molecule has 0 bridgehead atoms. The molecule has 4 heterocycles. The van der Waals surface area contributed by atoms with Gasteiger partial charge in [0.15, 0.2) is 0 Å². The topological polar surface area (TPSA) is 40.8 Å². The van der Waals surface area contributed by atoms with Crippen molar-refractivity contribution < 1.29 is 30.4 Å². The van der Waals surface area contributed by atoms with Gasteiger partial charge in [-0.15, -0.1) is 35.9 Å². The van der Waals surface area contributed by atoms with Gasteiger partial charge >= 0.3 is 0 Å². The maximum absolute atomic E-state index is 6.43. The molecule has 0 amide bonds. The SMILES string of the molecule is [Pt].[c-]1c(Oc2[c-]c(-n3[c-][n+](-c4c(-n5c6ccccc6c6ccccc65)cccc4-n4c5ccccc5c5ccccc54)c4ccccc43)ccc2)cccc1-c1ccccn1. The van der Waals surface area contributed by atoms with Gasteiger partial charge in [-0.1, -0.05) is 121 Å². The molecule has 0 atom stereocenters. The van der Waals surface area contributed by atoms with Crippen molar-refractivity contribution in [1.82, 2.24) is 18.7 Å². The smallest absolute Gasteiger partial charge is 0.268 e. The molecule has 0 saturated carbocycles. The van der Waals surface area contributed by atoms with E-state index in [4.69, 9.17) is 4.74 Å². The van der Waals surface area contributed by atoms with Crippen molar-refractivity contribution in [2.75, 3.05) is 0 Å². The molecule has 0 aliphatic heterocycles. The van der Waals surface area contributed by atoms with Crippen molar-refractivity contribution in [2.24, 2.45) is 0 Å². The van der Waals surface area contributed by atoms with E-state index in [2.05, 4.69) is 181 Å². The zero-order valence-corrected chi connectivity index (χ0v) is 34.8. The van der Waals surface area contributed by atoms with E-state index in [1.807, 2.05) is 54.6 Å². The summed E-state index contributed by atoms with van der Waals surface area (Å²) in [5.41, 5.74) is 12.0. The molecule has 0 spiro atoms. The van der Waals surface area contributed by atoms with Crippen LogP contribution in [0.2, 0.25) is 0 Å². The van der Waals surface area contributed by atoms with Crippen molar-refractivity contribution in [3.63, 3.8) is 0 Å². The van der Waals surface area contributed by atoms with Crippen LogP contribution in [0.4, 0.5) is 0 Å². The molecule has 61 heavy (non-hydrogen) atoms. The van der Waals surface area contributed by atoms with E-state index in [-0.39, 0.29) is 21.1 Å². The molecule has 0 saturated heterocycles. The third-order valence-electron chi connectivity index (χ3n) is 11.3. The van der Waals surface area contributed by atoms with Gasteiger partial charge in [0.2, 0.25) is 0 Å². The van der Waals surface area contributed by atoms with E-state index in [1.165, 1.54) is 21.5 Å². The molecule has 6 nitrogen and oxygen atoms in total. The van der Waals surface area contributed by atoms with E-state index in [0.717, 1.165) is 67.1 Å². The predicted molar refractivity (Wildman–Crippen MR) is 240 cm³/mol. The monoisotopic (exact) mass is 962 g/mol. The zero-order valence-electron chi connectivity index (χ0n) is 32.5. The van der Waals surface area contributed by atoms with Crippen molar-refractivity contribution in [3.05, 3.63) is 219 Å². The van der Waals surface area contributed by atoms with Gasteiger partial charge in [-0.2, -0.15) is 12.1 Å². The number of rotatable bonds is 7. The van der Waals surface area contributed by atoms with Crippen LogP contribution in [0.3, 0.4) is 0 Å². The Bertz CT molecular complexity index is 3360. The predicted octanol–water partition coefficient (Wildman–Crippen LogP) is 12.4. The first kappa shape index (κ1) is 36.5. The molecule has 0 aliphatic carbocycles. The maximum Gasteiger partial charge on any atom is 0.268 e. The fourth-order valence-electron chi connectivity index (χ4n) is 8.80. The standard InChI is InChI=1S/C54H33N5O.Pt/c1-5-25-46-41(20-1)42-21-2-6-26-47(42)58(46)52-31-15-32-53(59-48-27-7-3-22-43(48)44-23-4-8-28-49(44)59)54(52)57-36-56(50-29-9-10-30-51(50)57)38-17-14-19-40(35-38)60-39-18-13-16-37(34-39)45-24-11-12-33-55-45;/h1-33H;/q-2;. The minimum Gasteiger partial charge on any atom is -0.503 e. The molecule has 0 N–H and O–H groups in total. The molecule has 0 radical (unpaired) electrons. The first-order chi connectivity index (χ1) is 29.8. The Morgan fingerprint density at radius 2 is 0.934 bits per heavy atom. The Labute approximate surface area is 366 Å². The van der Waals surface area contributed by atoms with Crippen LogP contribution in [0.5, 0.6) is 11.5 Å². The van der Waals surface area contributed by atoms with Crippen molar-refractivity contribution in [2.45, 2.75) is 0 Å². The minimum atomic E-state index is 0. The largest absolute Gasteiger partial charge is 0.503 e. The fraction of sp³-hybridized carbons (Fsp3) is 0. The number of para-hydroxylation sites is 7. The first-order valence-corrected chi connectivity index (χ1v) is 20.0. The minimum absolute atomic E-state index is 0. The summed E-state index contributed by atoms with van der Waals surface area (Å²) in [7, 11) is 0. The van der Waals surface area contributed by atoms with Gasteiger partial charge in [-0.25, -0.2) is 0 Å². The summed E-state index contributed by atoms with van der Waals surface area (Å²) in [6, 6.07) is 74.4. The van der Waals surface area contributed by atoms with Crippen LogP contribution < -0.4 is 9.30 Å². The van der Waals surface area contributed by atoms with E-state index in [1.54, 1.807) is 6.20 Å². The summed E-state index contributed by atoms with van der Waals surface area (Å²) in [4.78, 5) is 4.50. The van der Waals surface area contributed by atoms with Gasteiger partial charge in [-0.05, 0) is 53.8 Å². The van der Waals surface area contributed by atoms with Gasteiger partial charge in [0.1, 0.15) is 5.69 Å². The Kier molecular flexibility index (Phi) is 8.95. The van der Waals surface area contributed by atoms with E-state index in [9.17, 15) is 0 Å². The quantitative estimate of drug-likeness (QED) is 0.118. The van der Waals surface area contributed by atoms with E-state index < -0.39 is 0 Å². The summed E-state index contributed by atoms with van der Waals surface area (Å²) in [6.07, 6.45) is 5.63. The number of pyridine rings is 1. The molecule has 0 unspecified atom stereocenters. The summed E-state index contributed by atoms with van der Waals surface area (Å²) >= 11 is 0. The number of nitrogens with zero attached hydrogens (tertiary/aromatic N) is 5. The summed E-state index contributed by atoms with van der Waals surface area (Å²) in [5, 5.41) is 4.80. The molecule has 4 aromatic heterocycles. The Balaban J connectivity index is 0.00000420. The molecule has 12 rings (SSSR count). The normalized spacial score (nSPS) is 11.5. The molecular weight excluding hydrogens is 930 g/mol. The molecule has 0 aliphatic rings. The fourth-order valence-corrected chi connectivity index (χ4v) is 8.80. The van der Waals surface area contributed by atoms with Gasteiger partial charge in [0.05, 0.1) is 44.5 Å². The number of benzene rings is 8. The molecule has 7 heteroatoms. The van der Waals surface area contributed by atoms with Crippen molar-refractivity contribution >= 4 is 54.6 Å². The van der Waals surface area contributed by atoms with Crippen molar-refractivity contribution in [1.29, 1.82) is 0 Å². The number of ether oxygens (including phenoxy) is 1. The van der Waals surface area contributed by atoms with Crippen LogP contribution in [-0.2, 0) is 21.1 Å². The van der Waals surface area contributed by atoms with Crippen LogP contribution in [0.25, 0.3) is 88.7 Å². The van der Waals surface area contributed by atoms with Gasteiger partial charge < -0.3 is 23.4 Å². The Hall–Kier alpha value is -7.53. The van der Waals surface area contributed by atoms with Crippen LogP contribution in [0.1, 0.15) is 0 Å². The molecule has 8 aromatic carbocycles. The second kappa shape index (κ2) is 14.9. The summed E-state index contributed by atoms with van der Waals surface area (Å²) < 4.78 is 15.5. The van der Waals surface area contributed by atoms with Crippen LogP contribution in [-0.4, -0.2) is 18.7 Å². The average molecular weight is 963 g/mol. The third kappa shape index (κ3) is 5.98. The Morgan fingerprint density at radius 3 is 1.51 bits per heavy atom. The van der Waals surface area contributed by atoms with Gasteiger partial charge in [0, 0.05) is 60.3 Å². The van der Waals surface area contributed by atoms with Gasteiger partial charge in [0.25, 0.3) is 6.33 Å². The number of fused-ring (bicyclic) bond motifs is 7. The average Bonchev–Trinajstić information content (AvgIpc) is 3.97. The number of imidazole rings is 1.